The van der Waals surface area contributed by atoms with Gasteiger partial charge in [-0.25, -0.2) is 9.69 Å². The van der Waals surface area contributed by atoms with E-state index in [-0.39, 0.29) is 6.54 Å². The number of aliphatic hydroxyl groups is 1. The van der Waals surface area contributed by atoms with Crippen molar-refractivity contribution in [3.8, 4) is 0 Å². The van der Waals surface area contributed by atoms with E-state index in [1.54, 1.807) is 24.3 Å². The number of para-hydroxylation sites is 1. The van der Waals surface area contributed by atoms with Gasteiger partial charge in [-0.2, -0.15) is 0 Å². The summed E-state index contributed by atoms with van der Waals surface area (Å²) >= 11 is 0. The minimum Gasteiger partial charge on any atom is -0.390 e. The zero-order valence-corrected chi connectivity index (χ0v) is 13.4. The van der Waals surface area contributed by atoms with Gasteiger partial charge in [-0.15, -0.1) is 0 Å². The fraction of sp³-hybridized carbons (Fsp3) is 0.412. The second kappa shape index (κ2) is 7.12. The molecule has 1 saturated heterocycles. The van der Waals surface area contributed by atoms with Crippen molar-refractivity contribution in [1.29, 1.82) is 0 Å². The molecule has 0 aliphatic carbocycles. The maximum absolute atomic E-state index is 12.4. The van der Waals surface area contributed by atoms with Crippen molar-refractivity contribution in [2.45, 2.75) is 6.10 Å². The molecule has 1 aromatic carbocycles. The molecule has 2 N–H and O–H groups in total. The van der Waals surface area contributed by atoms with Gasteiger partial charge in [0.15, 0.2) is 0 Å². The van der Waals surface area contributed by atoms with Crippen LogP contribution in [-0.4, -0.2) is 67.4 Å². The molecule has 2 aliphatic heterocycles. The highest BCUT2D eigenvalue weighted by Gasteiger charge is 2.35. The first-order valence-electron chi connectivity index (χ1n) is 7.96. The first kappa shape index (κ1) is 16.6. The van der Waals surface area contributed by atoms with Crippen molar-refractivity contribution in [3.63, 3.8) is 0 Å². The van der Waals surface area contributed by atoms with Crippen molar-refractivity contribution in [2.75, 3.05) is 44.3 Å². The Labute approximate surface area is 140 Å². The summed E-state index contributed by atoms with van der Waals surface area (Å²) in [6.07, 6.45) is -0.705. The van der Waals surface area contributed by atoms with Gasteiger partial charge in [0, 0.05) is 37.3 Å². The molecule has 0 spiro atoms. The molecular formula is C17H21N3O4. The van der Waals surface area contributed by atoms with Crippen LogP contribution in [0, 0.1) is 0 Å². The molecule has 1 atom stereocenters. The average molecular weight is 331 g/mol. The minimum absolute atomic E-state index is 0.0780. The smallest absolute Gasteiger partial charge is 0.329 e. The number of aliphatic hydroxyl groups excluding tert-OH is 1. The van der Waals surface area contributed by atoms with Gasteiger partial charge in [0.1, 0.15) is 0 Å². The summed E-state index contributed by atoms with van der Waals surface area (Å²) in [6.45, 7) is 7.12. The van der Waals surface area contributed by atoms with Gasteiger partial charge < -0.3 is 15.2 Å². The molecule has 0 bridgehead atoms. The van der Waals surface area contributed by atoms with Crippen LogP contribution in [0.15, 0.2) is 30.8 Å². The van der Waals surface area contributed by atoms with E-state index in [2.05, 4.69) is 16.8 Å². The molecule has 3 rings (SSSR count). The van der Waals surface area contributed by atoms with Crippen LogP contribution in [0.1, 0.15) is 5.56 Å². The number of benzene rings is 1. The summed E-state index contributed by atoms with van der Waals surface area (Å²) in [5.41, 5.74) is 1.48. The van der Waals surface area contributed by atoms with Crippen LogP contribution in [0.2, 0.25) is 0 Å². The lowest BCUT2D eigenvalue weighted by Gasteiger charge is -2.28. The molecule has 0 saturated carbocycles. The Kier molecular flexibility index (Phi) is 4.94. The Hall–Kier alpha value is -2.22. The summed E-state index contributed by atoms with van der Waals surface area (Å²) in [5.74, 6) is -0.434. The topological polar surface area (TPSA) is 82.1 Å². The molecule has 128 valence electrons. The number of imide groups is 1. The van der Waals surface area contributed by atoms with Gasteiger partial charge in [-0.05, 0) is 6.07 Å². The predicted molar refractivity (Wildman–Crippen MR) is 89.6 cm³/mol. The third-order valence-corrected chi connectivity index (χ3v) is 4.20. The molecule has 1 fully saturated rings. The zero-order chi connectivity index (χ0) is 17.1. The van der Waals surface area contributed by atoms with Gasteiger partial charge in [0.2, 0.25) is 0 Å². The number of fused-ring (bicyclic) bond motifs is 1. The van der Waals surface area contributed by atoms with Gasteiger partial charge in [-0.1, -0.05) is 24.8 Å². The van der Waals surface area contributed by atoms with Crippen molar-refractivity contribution < 1.29 is 19.4 Å². The van der Waals surface area contributed by atoms with Crippen molar-refractivity contribution in [2.24, 2.45) is 0 Å². The Morgan fingerprint density at radius 1 is 1.33 bits per heavy atom. The predicted octanol–water partition coefficient (Wildman–Crippen LogP) is 0.449. The number of rotatable bonds is 4. The fourth-order valence-electron chi connectivity index (χ4n) is 2.92. The van der Waals surface area contributed by atoms with Crippen molar-refractivity contribution in [1.82, 2.24) is 10.2 Å². The second-order valence-corrected chi connectivity index (χ2v) is 5.89. The molecule has 1 unspecified atom stereocenters. The SMILES string of the molecule is C=C1C(=O)N(C(=O)NCC(O)CN2CCOCC2)c2ccccc21. The first-order valence-corrected chi connectivity index (χ1v) is 7.96. The average Bonchev–Trinajstić information content (AvgIpc) is 2.85. The summed E-state index contributed by atoms with van der Waals surface area (Å²) in [5, 5.41) is 12.7. The van der Waals surface area contributed by atoms with E-state index >= 15 is 0 Å². The number of anilines is 1. The largest absolute Gasteiger partial charge is 0.390 e. The van der Waals surface area contributed by atoms with E-state index in [1.807, 2.05) is 0 Å². The van der Waals surface area contributed by atoms with Crippen LogP contribution < -0.4 is 10.2 Å². The number of carbonyl (C=O) groups excluding carboxylic acids is 2. The number of urea groups is 1. The van der Waals surface area contributed by atoms with E-state index in [4.69, 9.17) is 4.74 Å². The maximum atomic E-state index is 12.4. The zero-order valence-electron chi connectivity index (χ0n) is 13.4. The number of carbonyl (C=O) groups is 2. The number of ether oxygens (including phenoxy) is 1. The molecular weight excluding hydrogens is 310 g/mol. The van der Waals surface area contributed by atoms with Crippen LogP contribution in [0.5, 0.6) is 0 Å². The molecule has 24 heavy (non-hydrogen) atoms. The number of hydrogen-bond acceptors (Lipinski definition) is 5. The van der Waals surface area contributed by atoms with Gasteiger partial charge in [0.05, 0.1) is 25.0 Å². The number of hydrogen-bond donors (Lipinski definition) is 2. The Bertz CT molecular complexity index is 655. The van der Waals surface area contributed by atoms with Crippen molar-refractivity contribution >= 4 is 23.2 Å². The van der Waals surface area contributed by atoms with Crippen LogP contribution in [0.4, 0.5) is 10.5 Å². The molecule has 0 radical (unpaired) electrons. The quantitative estimate of drug-likeness (QED) is 0.783. The summed E-state index contributed by atoms with van der Waals surface area (Å²) in [7, 11) is 0. The second-order valence-electron chi connectivity index (χ2n) is 5.89. The molecule has 7 heteroatoms. The number of nitrogens with zero attached hydrogens (tertiary/aromatic N) is 2. The Morgan fingerprint density at radius 3 is 2.79 bits per heavy atom. The van der Waals surface area contributed by atoms with Crippen molar-refractivity contribution in [3.05, 3.63) is 36.4 Å². The first-order chi connectivity index (χ1) is 11.6. The van der Waals surface area contributed by atoms with E-state index < -0.39 is 18.0 Å². The Morgan fingerprint density at radius 2 is 2.04 bits per heavy atom. The maximum Gasteiger partial charge on any atom is 0.329 e. The van der Waals surface area contributed by atoms with Gasteiger partial charge in [-0.3, -0.25) is 9.69 Å². The molecule has 0 aromatic heterocycles. The lowest BCUT2D eigenvalue weighted by atomic mass is 10.1. The van der Waals surface area contributed by atoms with E-state index in [0.717, 1.165) is 18.0 Å². The molecule has 3 amide bonds. The van der Waals surface area contributed by atoms with Crippen LogP contribution in [-0.2, 0) is 9.53 Å². The fourth-order valence-corrected chi connectivity index (χ4v) is 2.92. The lowest BCUT2D eigenvalue weighted by molar-refractivity contribution is -0.112. The summed E-state index contributed by atoms with van der Waals surface area (Å²) in [6, 6.07) is 6.47. The Balaban J connectivity index is 1.57. The number of nitrogens with one attached hydrogen (secondary N) is 1. The molecule has 7 nitrogen and oxygen atoms in total. The number of amides is 3. The standard InChI is InChI=1S/C17H21N3O4/c1-12-14-4-2-3-5-15(14)20(16(12)22)17(23)18-10-13(21)11-19-6-8-24-9-7-19/h2-5,13,21H,1,6-11H2,(H,18,23). The van der Waals surface area contributed by atoms with Crippen LogP contribution >= 0.6 is 0 Å². The number of β-amino-alcohol motifs (C(OH)–C–C–N with tert-alkyl or cyclic N) is 1. The molecule has 2 heterocycles. The molecule has 2 aliphatic rings. The summed E-state index contributed by atoms with van der Waals surface area (Å²) in [4.78, 5) is 27.8. The highest BCUT2D eigenvalue weighted by Crippen LogP contribution is 2.35. The minimum atomic E-state index is -0.705. The third-order valence-electron chi connectivity index (χ3n) is 4.20. The molecule has 1 aromatic rings. The monoisotopic (exact) mass is 331 g/mol. The highest BCUT2D eigenvalue weighted by molar-refractivity contribution is 6.39. The van der Waals surface area contributed by atoms with E-state index in [9.17, 15) is 14.7 Å². The van der Waals surface area contributed by atoms with Gasteiger partial charge >= 0.3 is 6.03 Å². The van der Waals surface area contributed by atoms with Crippen LogP contribution in [0.25, 0.3) is 5.57 Å². The van der Waals surface area contributed by atoms with Crippen LogP contribution in [0.3, 0.4) is 0 Å². The lowest BCUT2D eigenvalue weighted by Crippen LogP contribution is -2.48. The number of morpholine rings is 1. The summed E-state index contributed by atoms with van der Waals surface area (Å²) < 4.78 is 5.26. The third kappa shape index (κ3) is 3.33. The highest BCUT2D eigenvalue weighted by atomic mass is 16.5. The van der Waals surface area contributed by atoms with Gasteiger partial charge in [0.25, 0.3) is 5.91 Å². The van der Waals surface area contributed by atoms with E-state index in [1.165, 1.54) is 0 Å². The normalized spacial score (nSPS) is 19.3. The van der Waals surface area contributed by atoms with E-state index in [0.29, 0.717) is 36.6 Å².